The molecule has 2 N–H and O–H groups in total. The largest absolute Gasteiger partial charge is 0.393 e. The van der Waals surface area contributed by atoms with E-state index in [-0.39, 0.29) is 17.7 Å². The highest BCUT2D eigenvalue weighted by atomic mass is 16.3. The lowest BCUT2D eigenvalue weighted by Crippen LogP contribution is -2.28. The first-order chi connectivity index (χ1) is 13.9. The van der Waals surface area contributed by atoms with Gasteiger partial charge in [0.15, 0.2) is 0 Å². The Kier molecular flexibility index (Phi) is 7.24. The van der Waals surface area contributed by atoms with Gasteiger partial charge >= 0.3 is 0 Å². The van der Waals surface area contributed by atoms with Gasteiger partial charge in [-0.25, -0.2) is 9.97 Å². The van der Waals surface area contributed by atoms with Crippen molar-refractivity contribution in [2.24, 2.45) is 0 Å². The van der Waals surface area contributed by atoms with Crippen LogP contribution < -0.4 is 10.9 Å². The molecule has 7 heteroatoms. The Morgan fingerprint density at radius 3 is 2.69 bits per heavy atom. The number of hydrogen-bond acceptors (Lipinski definition) is 6. The van der Waals surface area contributed by atoms with Crippen molar-refractivity contribution in [1.82, 2.24) is 19.4 Å². The third kappa shape index (κ3) is 5.34. The number of rotatable bonds is 8. The summed E-state index contributed by atoms with van der Waals surface area (Å²) in [7, 11) is 4.02. The Morgan fingerprint density at radius 2 is 2.03 bits per heavy atom. The van der Waals surface area contributed by atoms with Crippen LogP contribution in [-0.4, -0.2) is 57.3 Å². The second-order valence-corrected chi connectivity index (χ2v) is 8.68. The number of anilines is 1. The lowest BCUT2D eigenvalue weighted by molar-refractivity contribution is 0.122. The number of aliphatic hydroxyl groups excluding tert-OH is 1. The number of nitrogens with zero attached hydrogens (tertiary/aromatic N) is 4. The first-order valence-corrected chi connectivity index (χ1v) is 10.9. The van der Waals surface area contributed by atoms with Crippen LogP contribution in [-0.2, 0) is 6.54 Å². The molecule has 29 heavy (non-hydrogen) atoms. The Morgan fingerprint density at radius 1 is 1.31 bits per heavy atom. The summed E-state index contributed by atoms with van der Waals surface area (Å²) in [5.74, 6) is 0.893. The number of nitrogens with one attached hydrogen (secondary N) is 1. The summed E-state index contributed by atoms with van der Waals surface area (Å²) < 4.78 is 1.80. The van der Waals surface area contributed by atoms with Gasteiger partial charge in [-0.2, -0.15) is 0 Å². The molecule has 2 heterocycles. The molecule has 160 valence electrons. The van der Waals surface area contributed by atoms with Gasteiger partial charge in [-0.3, -0.25) is 4.79 Å². The van der Waals surface area contributed by atoms with Crippen LogP contribution in [0, 0.1) is 0 Å². The molecule has 7 nitrogen and oxygen atoms in total. The van der Waals surface area contributed by atoms with E-state index >= 15 is 0 Å². The Bertz CT molecular complexity index is 871. The molecule has 1 saturated carbocycles. The molecule has 0 aliphatic heterocycles. The van der Waals surface area contributed by atoms with Gasteiger partial charge < -0.3 is 19.9 Å². The minimum Gasteiger partial charge on any atom is -0.393 e. The third-order valence-corrected chi connectivity index (χ3v) is 5.87. The van der Waals surface area contributed by atoms with Crippen molar-refractivity contribution in [3.05, 3.63) is 28.3 Å². The molecule has 1 aliphatic rings. The zero-order chi connectivity index (χ0) is 21.0. The Balaban J connectivity index is 2.03. The van der Waals surface area contributed by atoms with Gasteiger partial charge in [0.05, 0.1) is 17.0 Å². The monoisotopic (exact) mass is 401 g/mol. The lowest BCUT2D eigenvalue weighted by atomic mass is 9.82. The van der Waals surface area contributed by atoms with Gasteiger partial charge in [0.25, 0.3) is 5.56 Å². The second-order valence-electron chi connectivity index (χ2n) is 8.68. The molecule has 2 aromatic heterocycles. The SMILES string of the molecule is CCCC(C)Nc1ncc2c(=O)n(CCN(C)C)cc(C3CCC(O)CC3)c2n1. The number of fused-ring (bicyclic) bond motifs is 1. The van der Waals surface area contributed by atoms with Crippen LogP contribution in [0.3, 0.4) is 0 Å². The predicted octanol–water partition coefficient (Wildman–Crippen LogP) is 2.97. The van der Waals surface area contributed by atoms with Crippen molar-refractivity contribution in [3.63, 3.8) is 0 Å². The fourth-order valence-electron chi connectivity index (χ4n) is 4.16. The molecule has 2 aromatic rings. The molecule has 0 saturated heterocycles. The van der Waals surface area contributed by atoms with Crippen LogP contribution in [0.5, 0.6) is 0 Å². The maximum Gasteiger partial charge on any atom is 0.261 e. The van der Waals surface area contributed by atoms with Crippen molar-refractivity contribution < 1.29 is 5.11 Å². The lowest BCUT2D eigenvalue weighted by Gasteiger charge is -2.27. The third-order valence-electron chi connectivity index (χ3n) is 5.87. The second kappa shape index (κ2) is 9.67. The number of aromatic nitrogens is 3. The summed E-state index contributed by atoms with van der Waals surface area (Å²) in [6.07, 6.45) is 9.04. The molecule has 1 atom stereocenters. The van der Waals surface area contributed by atoms with E-state index < -0.39 is 0 Å². The smallest absolute Gasteiger partial charge is 0.261 e. The average molecular weight is 402 g/mol. The van der Waals surface area contributed by atoms with Crippen LogP contribution in [0.1, 0.15) is 63.9 Å². The van der Waals surface area contributed by atoms with Gasteiger partial charge in [0.2, 0.25) is 5.95 Å². The van der Waals surface area contributed by atoms with Crippen LogP contribution in [0.15, 0.2) is 17.2 Å². The van der Waals surface area contributed by atoms with Gasteiger partial charge in [-0.15, -0.1) is 0 Å². The van der Waals surface area contributed by atoms with E-state index in [1.807, 2.05) is 20.3 Å². The highest BCUT2D eigenvalue weighted by molar-refractivity contribution is 5.81. The Hall–Kier alpha value is -1.99. The molecular weight excluding hydrogens is 366 g/mol. The molecular formula is C22H35N5O2. The zero-order valence-corrected chi connectivity index (χ0v) is 18.2. The number of pyridine rings is 1. The molecule has 1 unspecified atom stereocenters. The maximum absolute atomic E-state index is 13.1. The van der Waals surface area contributed by atoms with Crippen molar-refractivity contribution in [2.45, 2.75) is 77.0 Å². The minimum absolute atomic E-state index is 0.0328. The maximum atomic E-state index is 13.1. The van der Waals surface area contributed by atoms with Crippen LogP contribution in [0.4, 0.5) is 5.95 Å². The standard InChI is InChI=1S/C22H35N5O2/c1-5-6-15(2)24-22-23-13-18-20(25-22)19(16-7-9-17(28)10-8-16)14-27(21(18)29)12-11-26(3)4/h13-17,28H,5-12H2,1-4H3,(H,23,24,25). The fourth-order valence-corrected chi connectivity index (χ4v) is 4.16. The zero-order valence-electron chi connectivity index (χ0n) is 18.2. The number of likely N-dealkylation sites (N-methyl/N-ethyl adjacent to an activating group) is 1. The molecule has 1 aliphatic carbocycles. The van der Waals surface area contributed by atoms with E-state index in [1.165, 1.54) is 0 Å². The summed E-state index contributed by atoms with van der Waals surface area (Å²) in [5, 5.41) is 13.9. The highest BCUT2D eigenvalue weighted by Crippen LogP contribution is 2.35. The van der Waals surface area contributed by atoms with Crippen LogP contribution >= 0.6 is 0 Å². The molecule has 1 fully saturated rings. The average Bonchev–Trinajstić information content (AvgIpc) is 2.68. The van der Waals surface area contributed by atoms with Crippen molar-refractivity contribution >= 4 is 16.9 Å². The quantitative estimate of drug-likeness (QED) is 0.708. The van der Waals surface area contributed by atoms with Gasteiger partial charge in [0, 0.05) is 31.5 Å². The van der Waals surface area contributed by atoms with Crippen LogP contribution in [0.2, 0.25) is 0 Å². The minimum atomic E-state index is -0.209. The van der Waals surface area contributed by atoms with Gasteiger partial charge in [0.1, 0.15) is 0 Å². The van der Waals surface area contributed by atoms with Crippen molar-refractivity contribution in [3.8, 4) is 0 Å². The summed E-state index contributed by atoms with van der Waals surface area (Å²) >= 11 is 0. The molecule has 3 rings (SSSR count). The van der Waals surface area contributed by atoms with E-state index in [2.05, 4.69) is 29.0 Å². The molecule has 0 spiro atoms. The van der Waals surface area contributed by atoms with E-state index in [4.69, 9.17) is 4.98 Å². The topological polar surface area (TPSA) is 83.3 Å². The molecule has 0 radical (unpaired) electrons. The fraction of sp³-hybridized carbons (Fsp3) is 0.682. The summed E-state index contributed by atoms with van der Waals surface area (Å²) in [6, 6.07) is 0.284. The predicted molar refractivity (Wildman–Crippen MR) is 118 cm³/mol. The van der Waals surface area contributed by atoms with E-state index in [1.54, 1.807) is 10.8 Å². The number of hydrogen-bond donors (Lipinski definition) is 2. The molecule has 0 bridgehead atoms. The molecule has 0 aromatic carbocycles. The summed E-state index contributed by atoms with van der Waals surface area (Å²) in [6.45, 7) is 5.71. The summed E-state index contributed by atoms with van der Waals surface area (Å²) in [4.78, 5) is 24.4. The van der Waals surface area contributed by atoms with Gasteiger partial charge in [-0.05, 0) is 64.6 Å². The van der Waals surface area contributed by atoms with Gasteiger partial charge in [-0.1, -0.05) is 13.3 Å². The van der Waals surface area contributed by atoms with Crippen molar-refractivity contribution in [2.75, 3.05) is 26.0 Å². The van der Waals surface area contributed by atoms with E-state index in [9.17, 15) is 9.90 Å². The molecule has 0 amide bonds. The van der Waals surface area contributed by atoms with Crippen molar-refractivity contribution in [1.29, 1.82) is 0 Å². The van der Waals surface area contributed by atoms with E-state index in [0.29, 0.717) is 23.8 Å². The van der Waals surface area contributed by atoms with E-state index in [0.717, 1.165) is 56.1 Å². The summed E-state index contributed by atoms with van der Waals surface area (Å²) in [5.41, 5.74) is 1.84. The Labute approximate surface area is 173 Å². The highest BCUT2D eigenvalue weighted by Gasteiger charge is 2.25. The normalized spacial score (nSPS) is 20.9. The first-order valence-electron chi connectivity index (χ1n) is 10.9. The number of aliphatic hydroxyl groups is 1. The first kappa shape index (κ1) is 21.7. The van der Waals surface area contributed by atoms with Crippen LogP contribution in [0.25, 0.3) is 10.9 Å².